The molecule has 2 aromatic rings. The van der Waals surface area contributed by atoms with Crippen molar-refractivity contribution in [2.75, 3.05) is 0 Å². The number of hydrogen-bond acceptors (Lipinski definition) is 2. The van der Waals surface area contributed by atoms with Crippen LogP contribution in [0.15, 0.2) is 64.4 Å². The highest BCUT2D eigenvalue weighted by molar-refractivity contribution is 7.99. The summed E-state index contributed by atoms with van der Waals surface area (Å²) >= 11 is 1.73. The summed E-state index contributed by atoms with van der Waals surface area (Å²) in [5.41, 5.74) is 0.846. The summed E-state index contributed by atoms with van der Waals surface area (Å²) in [6, 6.07) is 18.4. The number of benzene rings is 2. The zero-order valence-corrected chi connectivity index (χ0v) is 15.5. The van der Waals surface area contributed by atoms with Crippen molar-refractivity contribution in [3.63, 3.8) is 0 Å². The third-order valence-electron chi connectivity index (χ3n) is 4.16. The summed E-state index contributed by atoms with van der Waals surface area (Å²) in [7, 11) is 0. The maximum absolute atomic E-state index is 12.2. The van der Waals surface area contributed by atoms with E-state index >= 15 is 0 Å². The van der Waals surface area contributed by atoms with Gasteiger partial charge in [0.2, 0.25) is 0 Å². The lowest BCUT2D eigenvalue weighted by atomic mass is 10.0. The number of ketones is 1. The van der Waals surface area contributed by atoms with Crippen LogP contribution in [0.25, 0.3) is 0 Å². The molecule has 2 aromatic carbocycles. The van der Waals surface area contributed by atoms with E-state index in [1.807, 2.05) is 30.3 Å². The van der Waals surface area contributed by atoms with Crippen LogP contribution in [0.2, 0.25) is 0 Å². The Morgan fingerprint density at radius 2 is 1.33 bits per heavy atom. The van der Waals surface area contributed by atoms with Gasteiger partial charge in [-0.05, 0) is 30.7 Å². The van der Waals surface area contributed by atoms with Crippen molar-refractivity contribution >= 4 is 17.5 Å². The molecule has 0 unspecified atom stereocenters. The maximum Gasteiger partial charge on any atom is 0.162 e. The van der Waals surface area contributed by atoms with Crippen molar-refractivity contribution < 1.29 is 4.79 Å². The van der Waals surface area contributed by atoms with Crippen molar-refractivity contribution in [3.8, 4) is 0 Å². The molecule has 2 rings (SSSR count). The Bertz CT molecular complexity index is 589. The molecular weight excluding hydrogens is 312 g/mol. The van der Waals surface area contributed by atoms with Gasteiger partial charge in [-0.2, -0.15) is 0 Å². The molecule has 0 fully saturated rings. The van der Waals surface area contributed by atoms with Gasteiger partial charge >= 0.3 is 0 Å². The van der Waals surface area contributed by atoms with Gasteiger partial charge in [0.15, 0.2) is 5.78 Å². The van der Waals surface area contributed by atoms with Crippen LogP contribution in [-0.4, -0.2) is 5.78 Å². The minimum atomic E-state index is 0.278. The van der Waals surface area contributed by atoms with E-state index in [0.717, 1.165) is 12.0 Å². The highest BCUT2D eigenvalue weighted by Gasteiger charge is 2.06. The standard InChI is InChI=1S/C22H28OS/c1-2-3-4-5-6-7-11-14-22(23)19-15-17-21(18-16-19)24-20-12-9-8-10-13-20/h8-10,12-13,15-18H,2-7,11,14H2,1H3. The van der Waals surface area contributed by atoms with Crippen LogP contribution >= 0.6 is 11.8 Å². The Kier molecular flexibility index (Phi) is 8.69. The zero-order valence-electron chi connectivity index (χ0n) is 14.7. The van der Waals surface area contributed by atoms with E-state index in [9.17, 15) is 4.79 Å². The predicted octanol–water partition coefficient (Wildman–Crippen LogP) is 7.16. The topological polar surface area (TPSA) is 17.1 Å². The highest BCUT2D eigenvalue weighted by atomic mass is 32.2. The predicted molar refractivity (Wildman–Crippen MR) is 104 cm³/mol. The number of rotatable bonds is 11. The fraction of sp³-hybridized carbons (Fsp3) is 0.409. The Hall–Kier alpha value is -1.54. The number of Topliss-reactive ketones (excluding diaryl/α,β-unsaturated/α-hetero) is 1. The lowest BCUT2D eigenvalue weighted by Crippen LogP contribution is -1.98. The first-order chi connectivity index (χ1) is 11.8. The van der Waals surface area contributed by atoms with E-state index in [1.165, 1.54) is 48.3 Å². The molecule has 0 saturated heterocycles. The van der Waals surface area contributed by atoms with Crippen molar-refractivity contribution in [2.24, 2.45) is 0 Å². The monoisotopic (exact) mass is 340 g/mol. The van der Waals surface area contributed by atoms with Gasteiger partial charge in [0.05, 0.1) is 0 Å². The third kappa shape index (κ3) is 6.92. The first kappa shape index (κ1) is 18.8. The molecule has 0 aliphatic heterocycles. The molecule has 0 saturated carbocycles. The fourth-order valence-electron chi connectivity index (χ4n) is 2.72. The molecule has 24 heavy (non-hydrogen) atoms. The minimum absolute atomic E-state index is 0.278. The molecule has 0 heterocycles. The number of carbonyl (C=O) groups is 1. The molecule has 0 bridgehead atoms. The lowest BCUT2D eigenvalue weighted by Gasteiger charge is -2.04. The molecule has 0 atom stereocenters. The van der Waals surface area contributed by atoms with Crippen LogP contribution in [-0.2, 0) is 0 Å². The van der Waals surface area contributed by atoms with E-state index in [0.29, 0.717) is 6.42 Å². The fourth-order valence-corrected chi connectivity index (χ4v) is 3.56. The van der Waals surface area contributed by atoms with Gasteiger partial charge in [-0.25, -0.2) is 0 Å². The van der Waals surface area contributed by atoms with Crippen LogP contribution in [0.4, 0.5) is 0 Å². The van der Waals surface area contributed by atoms with Gasteiger partial charge in [0.25, 0.3) is 0 Å². The third-order valence-corrected chi connectivity index (χ3v) is 5.18. The smallest absolute Gasteiger partial charge is 0.162 e. The second kappa shape index (κ2) is 11.1. The number of carbonyl (C=O) groups excluding carboxylic acids is 1. The number of hydrogen-bond donors (Lipinski definition) is 0. The summed E-state index contributed by atoms with van der Waals surface area (Å²) in [6.07, 6.45) is 9.42. The molecule has 0 radical (unpaired) electrons. The summed E-state index contributed by atoms with van der Waals surface area (Å²) in [5, 5.41) is 0. The largest absolute Gasteiger partial charge is 0.294 e. The summed E-state index contributed by atoms with van der Waals surface area (Å²) in [6.45, 7) is 2.24. The van der Waals surface area contributed by atoms with Crippen molar-refractivity contribution in [3.05, 3.63) is 60.2 Å². The van der Waals surface area contributed by atoms with E-state index in [1.54, 1.807) is 11.8 Å². The van der Waals surface area contributed by atoms with Gasteiger partial charge in [-0.3, -0.25) is 4.79 Å². The van der Waals surface area contributed by atoms with E-state index in [2.05, 4.69) is 31.2 Å². The van der Waals surface area contributed by atoms with Crippen LogP contribution in [0.1, 0.15) is 68.6 Å². The van der Waals surface area contributed by atoms with Crippen molar-refractivity contribution in [2.45, 2.75) is 68.1 Å². The second-order valence-electron chi connectivity index (χ2n) is 6.23. The van der Waals surface area contributed by atoms with Gasteiger partial charge in [-0.1, -0.05) is 87.5 Å². The molecule has 0 amide bonds. The second-order valence-corrected chi connectivity index (χ2v) is 7.38. The van der Waals surface area contributed by atoms with Crippen LogP contribution in [0.3, 0.4) is 0 Å². The SMILES string of the molecule is CCCCCCCCCC(=O)c1ccc(Sc2ccccc2)cc1. The molecule has 2 heteroatoms. The summed E-state index contributed by atoms with van der Waals surface area (Å²) < 4.78 is 0. The quantitative estimate of drug-likeness (QED) is 0.319. The average Bonchev–Trinajstić information content (AvgIpc) is 2.62. The highest BCUT2D eigenvalue weighted by Crippen LogP contribution is 2.27. The maximum atomic E-state index is 12.2. The minimum Gasteiger partial charge on any atom is -0.294 e. The Morgan fingerprint density at radius 1 is 0.750 bits per heavy atom. The average molecular weight is 341 g/mol. The molecule has 0 aliphatic rings. The normalized spacial score (nSPS) is 10.7. The Labute approximate surface area is 150 Å². The van der Waals surface area contributed by atoms with Crippen molar-refractivity contribution in [1.82, 2.24) is 0 Å². The molecule has 0 aromatic heterocycles. The van der Waals surface area contributed by atoms with E-state index in [4.69, 9.17) is 0 Å². The molecular formula is C22H28OS. The summed E-state index contributed by atoms with van der Waals surface area (Å²) in [5.74, 6) is 0.278. The van der Waals surface area contributed by atoms with Gasteiger partial charge in [0, 0.05) is 21.8 Å². The van der Waals surface area contributed by atoms with Crippen LogP contribution in [0, 0.1) is 0 Å². The lowest BCUT2D eigenvalue weighted by molar-refractivity contribution is 0.0979. The van der Waals surface area contributed by atoms with Crippen molar-refractivity contribution in [1.29, 1.82) is 0 Å². The van der Waals surface area contributed by atoms with Gasteiger partial charge in [0.1, 0.15) is 0 Å². The number of unbranched alkanes of at least 4 members (excludes halogenated alkanes) is 6. The molecule has 128 valence electrons. The van der Waals surface area contributed by atoms with Crippen LogP contribution in [0.5, 0.6) is 0 Å². The van der Waals surface area contributed by atoms with E-state index in [-0.39, 0.29) is 5.78 Å². The molecule has 0 N–H and O–H groups in total. The van der Waals surface area contributed by atoms with E-state index < -0.39 is 0 Å². The Balaban J connectivity index is 1.71. The summed E-state index contributed by atoms with van der Waals surface area (Å²) in [4.78, 5) is 14.6. The Morgan fingerprint density at radius 3 is 2.00 bits per heavy atom. The van der Waals surface area contributed by atoms with Crippen LogP contribution < -0.4 is 0 Å². The molecule has 0 spiro atoms. The zero-order chi connectivity index (χ0) is 17.0. The molecule has 1 nitrogen and oxygen atoms in total. The van der Waals surface area contributed by atoms with Gasteiger partial charge in [-0.15, -0.1) is 0 Å². The first-order valence-corrected chi connectivity index (χ1v) is 9.97. The first-order valence-electron chi connectivity index (χ1n) is 9.16. The van der Waals surface area contributed by atoms with Gasteiger partial charge < -0.3 is 0 Å². The molecule has 0 aliphatic carbocycles.